The van der Waals surface area contributed by atoms with Gasteiger partial charge in [-0.2, -0.15) is 0 Å². The number of nitro benzene ring substituents is 1. The van der Waals surface area contributed by atoms with Crippen molar-refractivity contribution in [3.8, 4) is 5.75 Å². The van der Waals surface area contributed by atoms with Crippen molar-refractivity contribution < 1.29 is 9.66 Å². The van der Waals surface area contributed by atoms with Gasteiger partial charge in [0, 0.05) is 24.2 Å². The van der Waals surface area contributed by atoms with Gasteiger partial charge >= 0.3 is 5.69 Å². The van der Waals surface area contributed by atoms with E-state index in [0.717, 1.165) is 0 Å². The van der Waals surface area contributed by atoms with Crippen LogP contribution in [-0.4, -0.2) is 19.9 Å². The van der Waals surface area contributed by atoms with E-state index in [1.165, 1.54) is 22.9 Å². The van der Waals surface area contributed by atoms with Gasteiger partial charge in [-0.25, -0.2) is 0 Å². The van der Waals surface area contributed by atoms with Crippen molar-refractivity contribution in [2.75, 3.05) is 0 Å². The topological polar surface area (TPSA) is 83.1 Å². The van der Waals surface area contributed by atoms with Crippen LogP contribution in [0.1, 0.15) is 5.69 Å². The molecular formula is C10H9ClN4O3. The molecule has 0 N–H and O–H groups in total. The quantitative estimate of drug-likeness (QED) is 0.625. The lowest BCUT2D eigenvalue weighted by Crippen LogP contribution is -1.99. The number of hydrogen-bond donors (Lipinski definition) is 0. The van der Waals surface area contributed by atoms with Crippen molar-refractivity contribution in [1.82, 2.24) is 15.0 Å². The molecule has 0 radical (unpaired) electrons. The van der Waals surface area contributed by atoms with Crippen molar-refractivity contribution in [2.45, 2.75) is 6.61 Å². The second-order valence-corrected chi connectivity index (χ2v) is 3.98. The summed E-state index contributed by atoms with van der Waals surface area (Å²) in [5, 5.41) is 18.7. The highest BCUT2D eigenvalue weighted by Crippen LogP contribution is 2.30. The first kappa shape index (κ1) is 12.3. The summed E-state index contributed by atoms with van der Waals surface area (Å²) in [5.74, 6) is 0.109. The van der Waals surface area contributed by atoms with Crippen LogP contribution < -0.4 is 4.74 Å². The summed E-state index contributed by atoms with van der Waals surface area (Å²) in [6, 6.07) is 4.14. The molecule has 7 nitrogen and oxygen atoms in total. The third-order valence-corrected chi connectivity index (χ3v) is 2.38. The number of rotatable bonds is 4. The molecule has 2 aromatic rings. The van der Waals surface area contributed by atoms with Gasteiger partial charge in [-0.05, 0) is 6.07 Å². The molecule has 1 aromatic carbocycles. The largest absolute Gasteiger partial charge is 0.480 e. The van der Waals surface area contributed by atoms with E-state index in [2.05, 4.69) is 10.3 Å². The summed E-state index contributed by atoms with van der Waals surface area (Å²) in [4.78, 5) is 10.3. The van der Waals surface area contributed by atoms with Crippen molar-refractivity contribution in [2.24, 2.45) is 7.05 Å². The maximum absolute atomic E-state index is 10.8. The van der Waals surface area contributed by atoms with Crippen molar-refractivity contribution in [1.29, 1.82) is 0 Å². The minimum Gasteiger partial charge on any atom is -0.480 e. The number of nitro groups is 1. The summed E-state index contributed by atoms with van der Waals surface area (Å²) in [7, 11) is 1.72. The molecule has 94 valence electrons. The molecule has 2 rings (SSSR count). The molecule has 0 unspecified atom stereocenters. The van der Waals surface area contributed by atoms with E-state index in [4.69, 9.17) is 16.3 Å². The van der Waals surface area contributed by atoms with Crippen LogP contribution in [0.2, 0.25) is 5.02 Å². The molecule has 0 amide bonds. The van der Waals surface area contributed by atoms with Gasteiger partial charge in [0.25, 0.3) is 0 Å². The number of benzene rings is 1. The first-order valence-electron chi connectivity index (χ1n) is 4.98. The summed E-state index contributed by atoms with van der Waals surface area (Å²) in [6.07, 6.45) is 1.66. The zero-order valence-corrected chi connectivity index (χ0v) is 10.2. The van der Waals surface area contributed by atoms with Gasteiger partial charge in [-0.3, -0.25) is 14.8 Å². The van der Waals surface area contributed by atoms with E-state index >= 15 is 0 Å². The van der Waals surface area contributed by atoms with Crippen LogP contribution in [0, 0.1) is 10.1 Å². The molecule has 0 atom stereocenters. The Kier molecular flexibility index (Phi) is 3.42. The zero-order valence-electron chi connectivity index (χ0n) is 9.41. The lowest BCUT2D eigenvalue weighted by Gasteiger charge is -2.04. The Labute approximate surface area is 107 Å². The van der Waals surface area contributed by atoms with Crippen LogP contribution in [0.3, 0.4) is 0 Å². The Hall–Kier alpha value is -2.15. The predicted octanol–water partition coefficient (Wildman–Crippen LogP) is 1.96. The van der Waals surface area contributed by atoms with Crippen LogP contribution in [0.25, 0.3) is 0 Å². The highest BCUT2D eigenvalue weighted by atomic mass is 35.5. The molecule has 0 fully saturated rings. The van der Waals surface area contributed by atoms with E-state index in [-0.39, 0.29) is 18.0 Å². The molecular weight excluding hydrogens is 260 g/mol. The van der Waals surface area contributed by atoms with Gasteiger partial charge in [-0.1, -0.05) is 16.8 Å². The fourth-order valence-corrected chi connectivity index (χ4v) is 1.53. The maximum atomic E-state index is 10.8. The number of halogens is 1. The Balaban J connectivity index is 2.17. The first-order chi connectivity index (χ1) is 8.56. The molecule has 0 bridgehead atoms. The summed E-state index contributed by atoms with van der Waals surface area (Å²) in [5.41, 5.74) is 0.440. The lowest BCUT2D eigenvalue weighted by atomic mass is 10.3. The monoisotopic (exact) mass is 268 g/mol. The summed E-state index contributed by atoms with van der Waals surface area (Å²) >= 11 is 5.77. The predicted molar refractivity (Wildman–Crippen MR) is 63.4 cm³/mol. The van der Waals surface area contributed by atoms with Gasteiger partial charge in [0.2, 0.25) is 0 Å². The van der Waals surface area contributed by atoms with Crippen LogP contribution in [0.5, 0.6) is 5.75 Å². The molecule has 1 heterocycles. The van der Waals surface area contributed by atoms with Crippen molar-refractivity contribution >= 4 is 17.3 Å². The molecule has 8 heteroatoms. The second kappa shape index (κ2) is 5.01. The van der Waals surface area contributed by atoms with Crippen LogP contribution >= 0.6 is 11.6 Å². The van der Waals surface area contributed by atoms with E-state index in [1.54, 1.807) is 13.2 Å². The third-order valence-electron chi connectivity index (χ3n) is 2.14. The Bertz CT molecular complexity index is 584. The molecule has 0 aliphatic carbocycles. The molecule has 0 aliphatic rings. The van der Waals surface area contributed by atoms with Crippen LogP contribution in [-0.2, 0) is 13.7 Å². The van der Waals surface area contributed by atoms with Gasteiger partial charge < -0.3 is 4.74 Å². The van der Waals surface area contributed by atoms with Gasteiger partial charge in [-0.15, -0.1) is 5.10 Å². The average Bonchev–Trinajstić information content (AvgIpc) is 2.72. The normalized spacial score (nSPS) is 10.3. The minimum atomic E-state index is -0.525. The minimum absolute atomic E-state index is 0.0923. The zero-order chi connectivity index (χ0) is 13.1. The van der Waals surface area contributed by atoms with Crippen LogP contribution in [0.4, 0.5) is 5.69 Å². The smallest absolute Gasteiger partial charge is 0.311 e. The molecule has 0 spiro atoms. The highest BCUT2D eigenvalue weighted by Gasteiger charge is 2.15. The van der Waals surface area contributed by atoms with Crippen LogP contribution in [0.15, 0.2) is 24.4 Å². The average molecular weight is 269 g/mol. The number of nitrogens with zero attached hydrogens (tertiary/aromatic N) is 4. The number of aromatic nitrogens is 3. The molecule has 0 saturated carbocycles. The summed E-state index contributed by atoms with van der Waals surface area (Å²) in [6.45, 7) is 0.0923. The molecule has 1 aromatic heterocycles. The van der Waals surface area contributed by atoms with E-state index < -0.39 is 4.92 Å². The number of aryl methyl sites for hydroxylation is 1. The van der Waals surface area contributed by atoms with Crippen molar-refractivity contribution in [3.05, 3.63) is 45.2 Å². The van der Waals surface area contributed by atoms with E-state index in [1.807, 2.05) is 0 Å². The standard InChI is InChI=1S/C10H9ClN4O3/c1-14-5-8(12-13-14)6-18-10-4-7(11)2-3-9(10)15(16)17/h2-5H,6H2,1H3. The van der Waals surface area contributed by atoms with Gasteiger partial charge in [0.15, 0.2) is 5.75 Å². The Morgan fingerprint density at radius 2 is 2.33 bits per heavy atom. The van der Waals surface area contributed by atoms with Gasteiger partial charge in [0.1, 0.15) is 12.3 Å². The van der Waals surface area contributed by atoms with Gasteiger partial charge in [0.05, 0.1) is 11.1 Å². The molecule has 0 aliphatic heterocycles. The Morgan fingerprint density at radius 1 is 1.56 bits per heavy atom. The number of ether oxygens (including phenoxy) is 1. The van der Waals surface area contributed by atoms with Crippen molar-refractivity contribution in [3.63, 3.8) is 0 Å². The first-order valence-corrected chi connectivity index (χ1v) is 5.36. The van der Waals surface area contributed by atoms with E-state index in [9.17, 15) is 10.1 Å². The molecule has 0 saturated heterocycles. The highest BCUT2D eigenvalue weighted by molar-refractivity contribution is 6.30. The van der Waals surface area contributed by atoms with E-state index in [0.29, 0.717) is 10.7 Å². The fraction of sp³-hybridized carbons (Fsp3) is 0.200. The lowest BCUT2D eigenvalue weighted by molar-refractivity contribution is -0.385. The Morgan fingerprint density at radius 3 is 2.94 bits per heavy atom. The molecule has 18 heavy (non-hydrogen) atoms. The SMILES string of the molecule is Cn1cc(COc2cc(Cl)ccc2[N+](=O)[O-])nn1. The second-order valence-electron chi connectivity index (χ2n) is 3.54. The summed E-state index contributed by atoms with van der Waals surface area (Å²) < 4.78 is 6.86. The number of hydrogen-bond acceptors (Lipinski definition) is 5. The maximum Gasteiger partial charge on any atom is 0.311 e. The third kappa shape index (κ3) is 2.75. The fourth-order valence-electron chi connectivity index (χ4n) is 1.37.